The van der Waals surface area contributed by atoms with Gasteiger partial charge in [-0.25, -0.2) is 0 Å². The summed E-state index contributed by atoms with van der Waals surface area (Å²) < 4.78 is 0.849. The Bertz CT molecular complexity index is 1450. The molecule has 1 saturated heterocycles. The molecule has 4 aromatic rings. The predicted molar refractivity (Wildman–Crippen MR) is 161 cm³/mol. The van der Waals surface area contributed by atoms with E-state index >= 15 is 0 Å². The van der Waals surface area contributed by atoms with Crippen molar-refractivity contribution in [3.63, 3.8) is 0 Å². The van der Waals surface area contributed by atoms with E-state index in [9.17, 15) is 4.79 Å². The number of thiophene rings is 1. The number of rotatable bonds is 5. The number of nitrogens with zero attached hydrogens (tertiary/aromatic N) is 2. The van der Waals surface area contributed by atoms with Gasteiger partial charge in [-0.3, -0.25) is 15.0 Å². The van der Waals surface area contributed by atoms with Crippen molar-refractivity contribution in [3.05, 3.63) is 92.2 Å². The maximum atomic E-state index is 12.8. The van der Waals surface area contributed by atoms with Gasteiger partial charge in [-0.2, -0.15) is 0 Å². The number of thiocarbonyl (C=S) groups is 1. The van der Waals surface area contributed by atoms with Crippen LogP contribution < -0.4 is 15.5 Å². The minimum atomic E-state index is -0.355. The number of piperazine rings is 1. The van der Waals surface area contributed by atoms with Crippen LogP contribution in [0.2, 0.25) is 15.1 Å². The maximum absolute atomic E-state index is 12.8. The lowest BCUT2D eigenvalue weighted by Gasteiger charge is -2.36. The molecule has 1 aromatic heterocycles. The van der Waals surface area contributed by atoms with Crippen LogP contribution in [-0.2, 0) is 6.54 Å². The number of halogens is 3. The summed E-state index contributed by atoms with van der Waals surface area (Å²) in [7, 11) is 0. The minimum Gasteiger partial charge on any atom is -0.369 e. The Morgan fingerprint density at radius 3 is 2.41 bits per heavy atom. The van der Waals surface area contributed by atoms with Gasteiger partial charge >= 0.3 is 0 Å². The zero-order valence-corrected chi connectivity index (χ0v) is 23.5. The van der Waals surface area contributed by atoms with Crippen molar-refractivity contribution >= 4 is 90.8 Å². The summed E-state index contributed by atoms with van der Waals surface area (Å²) >= 11 is 25.5. The Balaban J connectivity index is 1.14. The highest BCUT2D eigenvalue weighted by Gasteiger charge is 2.20. The van der Waals surface area contributed by atoms with Gasteiger partial charge < -0.3 is 10.2 Å². The summed E-state index contributed by atoms with van der Waals surface area (Å²) in [4.78, 5) is 18.0. The fraction of sp³-hybridized carbons (Fsp3) is 0.185. The summed E-state index contributed by atoms with van der Waals surface area (Å²) in [6, 6.07) is 21.4. The molecule has 0 spiro atoms. The largest absolute Gasteiger partial charge is 0.369 e. The number of benzene rings is 3. The van der Waals surface area contributed by atoms with E-state index in [1.54, 1.807) is 12.1 Å². The Kier molecular flexibility index (Phi) is 8.19. The third-order valence-electron chi connectivity index (χ3n) is 6.24. The molecule has 0 bridgehead atoms. The molecule has 2 heterocycles. The van der Waals surface area contributed by atoms with Crippen molar-refractivity contribution in [1.29, 1.82) is 0 Å². The normalized spacial score (nSPS) is 14.1. The van der Waals surface area contributed by atoms with Gasteiger partial charge in [0.15, 0.2) is 5.11 Å². The van der Waals surface area contributed by atoms with Crippen molar-refractivity contribution in [3.8, 4) is 0 Å². The van der Waals surface area contributed by atoms with Gasteiger partial charge in [0.25, 0.3) is 5.91 Å². The van der Waals surface area contributed by atoms with E-state index < -0.39 is 0 Å². The lowest BCUT2D eigenvalue weighted by molar-refractivity contribution is 0.0982. The SMILES string of the molecule is O=C(NC(=S)Nc1ccc(N2CCN(Cc3ccccc3Cl)CC2)cc1)c1sc2cc(Cl)ccc2c1Cl. The van der Waals surface area contributed by atoms with Crippen molar-refractivity contribution in [1.82, 2.24) is 10.2 Å². The number of carbonyl (C=O) groups excluding carboxylic acids is 1. The first-order valence-electron chi connectivity index (χ1n) is 11.7. The number of hydrogen-bond donors (Lipinski definition) is 2. The van der Waals surface area contributed by atoms with Crippen molar-refractivity contribution in [2.45, 2.75) is 6.54 Å². The number of amides is 1. The number of nitrogens with one attached hydrogen (secondary N) is 2. The standard InChI is InChI=1S/C27H23Cl3N4OS2/c28-18-5-10-21-23(15-18)37-25(24(21)30)26(35)32-27(36)31-19-6-8-20(9-7-19)34-13-11-33(12-14-34)16-17-3-1-2-4-22(17)29/h1-10,15H,11-14,16H2,(H2,31,32,35,36). The van der Waals surface area contributed by atoms with Crippen LogP contribution in [0.15, 0.2) is 66.7 Å². The van der Waals surface area contributed by atoms with Crippen molar-refractivity contribution in [2.75, 3.05) is 36.4 Å². The molecule has 2 N–H and O–H groups in total. The highest BCUT2D eigenvalue weighted by Crippen LogP contribution is 2.36. The molecule has 5 rings (SSSR count). The lowest BCUT2D eigenvalue weighted by Crippen LogP contribution is -2.46. The molecule has 0 atom stereocenters. The molecule has 1 aliphatic heterocycles. The summed E-state index contributed by atoms with van der Waals surface area (Å²) in [6.07, 6.45) is 0. The van der Waals surface area contributed by atoms with E-state index in [2.05, 4.69) is 38.6 Å². The fourth-order valence-electron chi connectivity index (χ4n) is 4.29. The van der Waals surface area contributed by atoms with Gasteiger partial charge in [0.05, 0.1) is 5.02 Å². The second-order valence-corrected chi connectivity index (χ2v) is 11.4. The van der Waals surface area contributed by atoms with Gasteiger partial charge in [0.1, 0.15) is 4.88 Å². The third-order valence-corrected chi connectivity index (χ3v) is 8.70. The minimum absolute atomic E-state index is 0.206. The Morgan fingerprint density at radius 2 is 1.68 bits per heavy atom. The first kappa shape index (κ1) is 26.2. The van der Waals surface area contributed by atoms with Crippen LogP contribution >= 0.6 is 58.4 Å². The Labute approximate surface area is 239 Å². The van der Waals surface area contributed by atoms with E-state index in [0.717, 1.165) is 64.8 Å². The molecule has 3 aromatic carbocycles. The molecule has 1 amide bonds. The molecule has 0 unspecified atom stereocenters. The van der Waals surface area contributed by atoms with Crippen molar-refractivity contribution in [2.24, 2.45) is 0 Å². The predicted octanol–water partition coefficient (Wildman–Crippen LogP) is 7.31. The average molecular weight is 590 g/mol. The average Bonchev–Trinajstić information content (AvgIpc) is 3.22. The van der Waals surface area contributed by atoms with Gasteiger partial charge in [-0.05, 0) is 60.2 Å². The first-order chi connectivity index (χ1) is 17.9. The highest BCUT2D eigenvalue weighted by atomic mass is 35.5. The monoisotopic (exact) mass is 588 g/mol. The van der Waals surface area contributed by atoms with Gasteiger partial charge in [0.2, 0.25) is 0 Å². The van der Waals surface area contributed by atoms with Crippen LogP contribution in [0.1, 0.15) is 15.2 Å². The molecular weight excluding hydrogens is 567 g/mol. The second-order valence-electron chi connectivity index (χ2n) is 8.70. The zero-order valence-electron chi connectivity index (χ0n) is 19.6. The van der Waals surface area contributed by atoms with Crippen LogP contribution in [-0.4, -0.2) is 42.1 Å². The van der Waals surface area contributed by atoms with Gasteiger partial charge in [-0.15, -0.1) is 11.3 Å². The van der Waals surface area contributed by atoms with Crippen LogP contribution in [0.5, 0.6) is 0 Å². The summed E-state index contributed by atoms with van der Waals surface area (Å²) in [5.41, 5.74) is 3.10. The summed E-state index contributed by atoms with van der Waals surface area (Å²) in [6.45, 7) is 4.67. The van der Waals surface area contributed by atoms with Crippen LogP contribution in [0.25, 0.3) is 10.1 Å². The number of hydrogen-bond acceptors (Lipinski definition) is 5. The molecule has 37 heavy (non-hydrogen) atoms. The molecule has 10 heteroatoms. The quantitative estimate of drug-likeness (QED) is 0.239. The topological polar surface area (TPSA) is 47.6 Å². The maximum Gasteiger partial charge on any atom is 0.269 e. The van der Waals surface area contributed by atoms with E-state index in [-0.39, 0.29) is 11.0 Å². The first-order valence-corrected chi connectivity index (χ1v) is 14.0. The number of carbonyl (C=O) groups is 1. The van der Waals surface area contributed by atoms with Crippen LogP contribution in [0.4, 0.5) is 11.4 Å². The van der Waals surface area contributed by atoms with E-state index in [0.29, 0.717) is 14.9 Å². The zero-order chi connectivity index (χ0) is 25.9. The van der Waals surface area contributed by atoms with Gasteiger partial charge in [-0.1, -0.05) is 59.1 Å². The summed E-state index contributed by atoms with van der Waals surface area (Å²) in [5, 5.41) is 8.60. The second kappa shape index (κ2) is 11.6. The molecule has 190 valence electrons. The smallest absolute Gasteiger partial charge is 0.269 e. The van der Waals surface area contributed by atoms with E-state index in [4.69, 9.17) is 47.0 Å². The summed E-state index contributed by atoms with van der Waals surface area (Å²) in [5.74, 6) is -0.355. The Hall–Kier alpha value is -2.39. The van der Waals surface area contributed by atoms with E-state index in [1.807, 2.05) is 36.4 Å². The third kappa shape index (κ3) is 6.20. The van der Waals surface area contributed by atoms with Crippen LogP contribution in [0, 0.1) is 0 Å². The van der Waals surface area contributed by atoms with Gasteiger partial charge in [0, 0.05) is 64.2 Å². The molecule has 0 saturated carbocycles. The van der Waals surface area contributed by atoms with Crippen molar-refractivity contribution < 1.29 is 4.79 Å². The highest BCUT2D eigenvalue weighted by molar-refractivity contribution is 7.80. The molecule has 1 fully saturated rings. The van der Waals surface area contributed by atoms with Crippen LogP contribution in [0.3, 0.4) is 0 Å². The molecule has 0 radical (unpaired) electrons. The molecule has 5 nitrogen and oxygen atoms in total. The fourth-order valence-corrected chi connectivity index (χ4v) is 6.39. The molecule has 1 aliphatic rings. The number of anilines is 2. The molecule has 0 aliphatic carbocycles. The van der Waals surface area contributed by atoms with E-state index in [1.165, 1.54) is 11.3 Å². The Morgan fingerprint density at radius 1 is 0.946 bits per heavy atom. The lowest BCUT2D eigenvalue weighted by atomic mass is 10.2. The molecular formula is C27H23Cl3N4OS2. The number of fused-ring (bicyclic) bond motifs is 1.